The van der Waals surface area contributed by atoms with E-state index in [1.165, 1.54) is 22.3 Å². The number of anilines is 5. The van der Waals surface area contributed by atoms with Crippen LogP contribution in [0.25, 0.3) is 33.0 Å². The number of rotatable bonds is 8. The molecule has 0 saturated heterocycles. The molecule has 0 spiro atoms. The largest absolute Gasteiger partial charge is 0.355 e. The Morgan fingerprint density at radius 3 is 1.98 bits per heavy atom. The van der Waals surface area contributed by atoms with E-state index in [1.807, 2.05) is 36.4 Å². The van der Waals surface area contributed by atoms with Gasteiger partial charge in [0.15, 0.2) is 0 Å². The Kier molecular flexibility index (Phi) is 7.97. The van der Waals surface area contributed by atoms with E-state index in [2.05, 4.69) is 176 Å². The number of benzene rings is 8. The lowest BCUT2D eigenvalue weighted by molar-refractivity contribution is 0.660. The Morgan fingerprint density at radius 1 is 0.509 bits per heavy atom. The summed E-state index contributed by atoms with van der Waals surface area (Å²) in [6.45, 7) is 4.65. The first-order chi connectivity index (χ1) is 26.0. The topological polar surface area (TPSA) is 39.1 Å². The highest BCUT2D eigenvalue weighted by Crippen LogP contribution is 2.50. The zero-order valence-electron chi connectivity index (χ0n) is 29.8. The molecule has 0 radical (unpaired) electrons. The average Bonchev–Trinajstić information content (AvgIpc) is 3.44. The lowest BCUT2D eigenvalue weighted by atomic mass is 9.82. The second-order valence-electron chi connectivity index (χ2n) is 14.3. The lowest BCUT2D eigenvalue weighted by Gasteiger charge is -2.27. The van der Waals surface area contributed by atoms with Crippen molar-refractivity contribution in [3.63, 3.8) is 0 Å². The molecule has 0 amide bonds. The van der Waals surface area contributed by atoms with Crippen LogP contribution in [0.2, 0.25) is 0 Å². The quantitative estimate of drug-likeness (QED) is 0.157. The standard InChI is InChI=1S/C50H39N3/c1-50(2)45-23-12-11-22-43(45)44-33-41(29-30-46(44)50)53(39-19-7-4-8-20-39)40-27-24-34(25-28-40)36-15-13-16-37(32-36)49(51)48-42-21-10-9-14-35(42)26-31-47(48)52-38-17-5-3-6-18-38/h3-33,51-52H,1-2H3. The molecule has 254 valence electrons. The summed E-state index contributed by atoms with van der Waals surface area (Å²) in [6.07, 6.45) is 0. The van der Waals surface area contributed by atoms with Crippen molar-refractivity contribution >= 4 is 44.9 Å². The van der Waals surface area contributed by atoms with Gasteiger partial charge in [0, 0.05) is 45.0 Å². The normalized spacial score (nSPS) is 12.6. The van der Waals surface area contributed by atoms with Crippen LogP contribution in [0.4, 0.5) is 28.4 Å². The fourth-order valence-corrected chi connectivity index (χ4v) is 8.00. The SMILES string of the molecule is CC1(C)c2ccccc2-c2cc(N(c3ccccc3)c3ccc(-c4cccc(C(=N)c5c(Nc6ccccc6)ccc6ccccc56)c4)cc3)ccc21. The maximum Gasteiger partial charge on any atom is 0.0711 e. The van der Waals surface area contributed by atoms with E-state index in [1.54, 1.807) is 0 Å². The monoisotopic (exact) mass is 681 g/mol. The average molecular weight is 682 g/mol. The van der Waals surface area contributed by atoms with Crippen molar-refractivity contribution in [2.45, 2.75) is 19.3 Å². The zero-order valence-corrected chi connectivity index (χ0v) is 29.8. The maximum atomic E-state index is 9.58. The number of fused-ring (bicyclic) bond motifs is 4. The molecule has 0 aliphatic heterocycles. The molecule has 0 saturated carbocycles. The second kappa shape index (κ2) is 13.1. The molecular weight excluding hydrogens is 643 g/mol. The van der Waals surface area contributed by atoms with Crippen molar-refractivity contribution in [2.24, 2.45) is 0 Å². The highest BCUT2D eigenvalue weighted by Gasteiger charge is 2.35. The predicted molar refractivity (Wildman–Crippen MR) is 224 cm³/mol. The van der Waals surface area contributed by atoms with Gasteiger partial charge in [-0.1, -0.05) is 141 Å². The molecule has 0 heterocycles. The molecule has 0 fully saturated rings. The van der Waals surface area contributed by atoms with Crippen LogP contribution < -0.4 is 10.2 Å². The Morgan fingerprint density at radius 2 is 1.17 bits per heavy atom. The third-order valence-electron chi connectivity index (χ3n) is 10.7. The summed E-state index contributed by atoms with van der Waals surface area (Å²) in [5.74, 6) is 0. The van der Waals surface area contributed by atoms with E-state index in [-0.39, 0.29) is 5.41 Å². The summed E-state index contributed by atoms with van der Waals surface area (Å²) in [7, 11) is 0. The van der Waals surface area contributed by atoms with Crippen LogP contribution in [-0.2, 0) is 5.41 Å². The highest BCUT2D eigenvalue weighted by molar-refractivity contribution is 6.21. The minimum absolute atomic E-state index is 0.0395. The van der Waals surface area contributed by atoms with Gasteiger partial charge in [0.1, 0.15) is 0 Å². The summed E-state index contributed by atoms with van der Waals surface area (Å²) in [6, 6.07) is 66.2. The molecule has 3 nitrogen and oxygen atoms in total. The van der Waals surface area contributed by atoms with E-state index in [0.29, 0.717) is 5.71 Å². The van der Waals surface area contributed by atoms with Gasteiger partial charge in [0.25, 0.3) is 0 Å². The minimum Gasteiger partial charge on any atom is -0.355 e. The van der Waals surface area contributed by atoms with E-state index in [4.69, 9.17) is 0 Å². The Bertz CT molecular complexity index is 2620. The molecule has 53 heavy (non-hydrogen) atoms. The van der Waals surface area contributed by atoms with Crippen LogP contribution in [0.3, 0.4) is 0 Å². The zero-order chi connectivity index (χ0) is 35.9. The van der Waals surface area contributed by atoms with Crippen LogP contribution in [0.5, 0.6) is 0 Å². The van der Waals surface area contributed by atoms with Crippen molar-refractivity contribution in [3.8, 4) is 22.3 Å². The molecule has 0 atom stereocenters. The summed E-state index contributed by atoms with van der Waals surface area (Å²) in [5, 5.41) is 15.3. The Hall–Kier alpha value is -6.71. The van der Waals surface area contributed by atoms with Gasteiger partial charge in [0.2, 0.25) is 0 Å². The lowest BCUT2D eigenvalue weighted by Crippen LogP contribution is -2.15. The summed E-state index contributed by atoms with van der Waals surface area (Å²) < 4.78 is 0. The van der Waals surface area contributed by atoms with Gasteiger partial charge in [-0.25, -0.2) is 0 Å². The van der Waals surface area contributed by atoms with Gasteiger partial charge in [-0.15, -0.1) is 0 Å². The fraction of sp³-hybridized carbons (Fsp3) is 0.0600. The Labute approximate surface area is 311 Å². The first-order valence-electron chi connectivity index (χ1n) is 18.2. The molecule has 2 N–H and O–H groups in total. The molecule has 8 aromatic carbocycles. The van der Waals surface area contributed by atoms with E-state index in [0.717, 1.165) is 61.5 Å². The smallest absolute Gasteiger partial charge is 0.0711 e. The van der Waals surface area contributed by atoms with Crippen LogP contribution in [-0.4, -0.2) is 5.71 Å². The maximum absolute atomic E-state index is 9.58. The first-order valence-corrected chi connectivity index (χ1v) is 18.2. The molecule has 8 aromatic rings. The van der Waals surface area contributed by atoms with Gasteiger partial charge in [-0.05, 0) is 105 Å². The van der Waals surface area contributed by atoms with Crippen molar-refractivity contribution in [1.82, 2.24) is 0 Å². The fourth-order valence-electron chi connectivity index (χ4n) is 8.00. The van der Waals surface area contributed by atoms with Crippen LogP contribution in [0, 0.1) is 5.41 Å². The molecule has 0 aromatic heterocycles. The van der Waals surface area contributed by atoms with Gasteiger partial charge in [0.05, 0.1) is 5.71 Å². The highest BCUT2D eigenvalue weighted by atomic mass is 15.1. The Balaban J connectivity index is 1.07. The number of hydrogen-bond acceptors (Lipinski definition) is 3. The summed E-state index contributed by atoms with van der Waals surface area (Å²) in [5.41, 5.74) is 14.9. The van der Waals surface area contributed by atoms with Crippen LogP contribution in [0.1, 0.15) is 36.1 Å². The van der Waals surface area contributed by atoms with Crippen LogP contribution in [0.15, 0.2) is 188 Å². The number of hydrogen-bond donors (Lipinski definition) is 2. The number of nitrogens with one attached hydrogen (secondary N) is 2. The summed E-state index contributed by atoms with van der Waals surface area (Å²) in [4.78, 5) is 2.34. The van der Waals surface area contributed by atoms with E-state index < -0.39 is 0 Å². The number of nitrogens with zero attached hydrogens (tertiary/aromatic N) is 1. The molecule has 9 rings (SSSR count). The van der Waals surface area contributed by atoms with Gasteiger partial charge >= 0.3 is 0 Å². The molecule has 0 bridgehead atoms. The van der Waals surface area contributed by atoms with Gasteiger partial charge < -0.3 is 10.2 Å². The third kappa shape index (κ3) is 5.77. The summed E-state index contributed by atoms with van der Waals surface area (Å²) >= 11 is 0. The second-order valence-corrected chi connectivity index (χ2v) is 14.3. The van der Waals surface area contributed by atoms with Crippen LogP contribution >= 0.6 is 0 Å². The first kappa shape index (κ1) is 32.2. The predicted octanol–water partition coefficient (Wildman–Crippen LogP) is 13.4. The molecule has 3 heteroatoms. The minimum atomic E-state index is -0.0395. The third-order valence-corrected chi connectivity index (χ3v) is 10.7. The van der Waals surface area contributed by atoms with Crippen molar-refractivity contribution in [2.75, 3.05) is 10.2 Å². The molecule has 0 unspecified atom stereocenters. The van der Waals surface area contributed by atoms with Crippen molar-refractivity contribution in [3.05, 3.63) is 210 Å². The van der Waals surface area contributed by atoms with Gasteiger partial charge in [-0.3, -0.25) is 5.41 Å². The molecule has 1 aliphatic rings. The molecular formula is C50H39N3. The number of para-hydroxylation sites is 2. The van der Waals surface area contributed by atoms with E-state index >= 15 is 0 Å². The molecule has 1 aliphatic carbocycles. The van der Waals surface area contributed by atoms with E-state index in [9.17, 15) is 5.41 Å². The van der Waals surface area contributed by atoms with Gasteiger partial charge in [-0.2, -0.15) is 0 Å². The van der Waals surface area contributed by atoms with Crippen molar-refractivity contribution < 1.29 is 0 Å². The van der Waals surface area contributed by atoms with Crippen molar-refractivity contribution in [1.29, 1.82) is 5.41 Å².